The number of benzene rings is 2. The standard InChI is InChI=1S/C35H48N6O13S/c1-55-12-11-22(35(52)53)39-33(51)23(14-18-5-3-2-4-6-18)38-27(45)16-37-32(50)24(40-31(49)21(36)13-19-7-9-20(43)10-8-19)15-26(44)41-34-30(48)29(47)28(46)25(17-42)54-34/h2-10,21-25,28-30,34,42-43,46-48H,11-17,36H2,1H3,(H,37,50)(H,38,45)(H,39,51)(H,40,49)(H,41,44)(H,52,53)/t21-,22-,23-,24+,25+,28+,29-,30+,34+/m0/s1. The molecule has 3 rings (SSSR count). The molecule has 0 aliphatic carbocycles. The SMILES string of the molecule is CSCC[C@H](NC(=O)[C@H](Cc1ccccc1)NC(=O)CNC(=O)[C@@H](CC(=O)N[C@@H]1O[C@H](CO)[C@@H](O)[C@H](O)[C@H]1O)NC(=O)[C@@H](N)Cc1ccc(O)cc1)C(=O)O. The second kappa shape index (κ2) is 21.9. The Balaban J connectivity index is 1.74. The van der Waals surface area contributed by atoms with Crippen LogP contribution in [0.2, 0.25) is 0 Å². The van der Waals surface area contributed by atoms with Gasteiger partial charge >= 0.3 is 5.97 Å². The van der Waals surface area contributed by atoms with Gasteiger partial charge in [0.15, 0.2) is 6.23 Å². The zero-order chi connectivity index (χ0) is 40.7. The molecule has 0 radical (unpaired) electrons. The highest BCUT2D eigenvalue weighted by Gasteiger charge is 2.44. The van der Waals surface area contributed by atoms with Crippen molar-refractivity contribution in [2.45, 2.75) is 80.5 Å². The third-order valence-corrected chi connectivity index (χ3v) is 9.17. The third-order valence-electron chi connectivity index (χ3n) is 8.53. The predicted octanol–water partition coefficient (Wildman–Crippen LogP) is -3.78. The molecule has 1 aliphatic heterocycles. The summed E-state index contributed by atoms with van der Waals surface area (Å²) in [7, 11) is 0. The molecule has 0 spiro atoms. The number of phenols is 1. The number of hydrogen-bond acceptors (Lipinski definition) is 14. The fourth-order valence-electron chi connectivity index (χ4n) is 5.45. The quantitative estimate of drug-likeness (QED) is 0.0612. The van der Waals surface area contributed by atoms with Crippen molar-refractivity contribution in [2.24, 2.45) is 5.73 Å². The number of aliphatic hydroxyl groups excluding tert-OH is 4. The molecule has 302 valence electrons. The van der Waals surface area contributed by atoms with E-state index in [9.17, 15) is 59.4 Å². The van der Waals surface area contributed by atoms with E-state index in [2.05, 4.69) is 26.6 Å². The van der Waals surface area contributed by atoms with E-state index in [-0.39, 0.29) is 25.0 Å². The van der Waals surface area contributed by atoms with Crippen LogP contribution in [0.5, 0.6) is 5.75 Å². The highest BCUT2D eigenvalue weighted by atomic mass is 32.2. The Labute approximate surface area is 320 Å². The molecule has 0 bridgehead atoms. The summed E-state index contributed by atoms with van der Waals surface area (Å²) in [5.74, 6) is -5.42. The summed E-state index contributed by atoms with van der Waals surface area (Å²) < 4.78 is 5.28. The number of hydrogen-bond donors (Lipinski definition) is 12. The summed E-state index contributed by atoms with van der Waals surface area (Å²) in [4.78, 5) is 77.8. The molecule has 20 heteroatoms. The smallest absolute Gasteiger partial charge is 0.326 e. The molecule has 19 nitrogen and oxygen atoms in total. The third kappa shape index (κ3) is 14.1. The van der Waals surface area contributed by atoms with Crippen LogP contribution in [0.25, 0.3) is 0 Å². The Bertz CT molecular complexity index is 1600. The van der Waals surface area contributed by atoms with Gasteiger partial charge < -0.3 is 67.7 Å². The molecule has 5 amide bonds. The van der Waals surface area contributed by atoms with Crippen LogP contribution in [0.3, 0.4) is 0 Å². The molecule has 2 aromatic rings. The highest BCUT2D eigenvalue weighted by molar-refractivity contribution is 7.98. The van der Waals surface area contributed by atoms with Gasteiger partial charge in [-0.15, -0.1) is 0 Å². The number of carbonyl (C=O) groups is 6. The maximum Gasteiger partial charge on any atom is 0.326 e. The topological polar surface area (TPSA) is 319 Å². The number of phenolic OH excluding ortho intramolecular Hbond substituents is 1. The number of nitrogens with two attached hydrogens (primary N) is 1. The van der Waals surface area contributed by atoms with Crippen molar-refractivity contribution in [3.05, 3.63) is 65.7 Å². The summed E-state index contributed by atoms with van der Waals surface area (Å²) in [5.41, 5.74) is 7.27. The molecule has 0 unspecified atom stereocenters. The van der Waals surface area contributed by atoms with Gasteiger partial charge in [0.05, 0.1) is 25.6 Å². The van der Waals surface area contributed by atoms with Crippen molar-refractivity contribution in [3.63, 3.8) is 0 Å². The molecule has 0 saturated carbocycles. The van der Waals surface area contributed by atoms with Crippen molar-refractivity contribution in [3.8, 4) is 5.75 Å². The first-order chi connectivity index (χ1) is 26.1. The minimum absolute atomic E-state index is 0.0180. The average Bonchev–Trinajstić information content (AvgIpc) is 3.16. The molecule has 1 saturated heterocycles. The van der Waals surface area contributed by atoms with Crippen molar-refractivity contribution in [1.29, 1.82) is 0 Å². The number of aromatic hydroxyl groups is 1. The monoisotopic (exact) mass is 792 g/mol. The molecule has 2 aromatic carbocycles. The lowest BCUT2D eigenvalue weighted by Crippen LogP contribution is -2.63. The lowest BCUT2D eigenvalue weighted by atomic mass is 9.98. The van der Waals surface area contributed by atoms with Crippen molar-refractivity contribution in [2.75, 3.05) is 25.2 Å². The van der Waals surface area contributed by atoms with E-state index in [1.54, 1.807) is 36.6 Å². The van der Waals surface area contributed by atoms with Gasteiger partial charge in [0, 0.05) is 6.42 Å². The van der Waals surface area contributed by atoms with Crippen LogP contribution in [0.1, 0.15) is 24.0 Å². The van der Waals surface area contributed by atoms with Crippen LogP contribution in [0.15, 0.2) is 54.6 Å². The van der Waals surface area contributed by atoms with E-state index in [0.717, 1.165) is 0 Å². The van der Waals surface area contributed by atoms with E-state index in [0.29, 0.717) is 16.9 Å². The van der Waals surface area contributed by atoms with Gasteiger partial charge in [0.1, 0.15) is 48.3 Å². The number of aliphatic carboxylic acids is 1. The van der Waals surface area contributed by atoms with E-state index >= 15 is 0 Å². The lowest BCUT2D eigenvalue weighted by molar-refractivity contribution is -0.236. The van der Waals surface area contributed by atoms with Gasteiger partial charge in [-0.2, -0.15) is 11.8 Å². The van der Waals surface area contributed by atoms with Gasteiger partial charge in [-0.25, -0.2) is 4.79 Å². The molecular weight excluding hydrogens is 744 g/mol. The van der Waals surface area contributed by atoms with Gasteiger partial charge in [0.25, 0.3) is 0 Å². The molecule has 0 aromatic heterocycles. The largest absolute Gasteiger partial charge is 0.508 e. The predicted molar refractivity (Wildman–Crippen MR) is 196 cm³/mol. The maximum absolute atomic E-state index is 13.4. The Morgan fingerprint density at radius 1 is 0.782 bits per heavy atom. The molecule has 1 heterocycles. The molecule has 1 aliphatic rings. The van der Waals surface area contributed by atoms with Crippen LogP contribution in [-0.4, -0.2) is 146 Å². The first-order valence-corrected chi connectivity index (χ1v) is 18.6. The fourth-order valence-corrected chi connectivity index (χ4v) is 5.92. The number of carboxylic acids is 1. The number of amides is 5. The number of aliphatic hydroxyl groups is 4. The van der Waals surface area contributed by atoms with E-state index < -0.39 is 110 Å². The van der Waals surface area contributed by atoms with Crippen LogP contribution < -0.4 is 32.3 Å². The van der Waals surface area contributed by atoms with Gasteiger partial charge in [-0.3, -0.25) is 24.0 Å². The minimum atomic E-state index is -1.84. The first kappa shape index (κ1) is 44.6. The number of thioether (sulfide) groups is 1. The summed E-state index contributed by atoms with van der Waals surface area (Å²) in [5, 5.41) is 70.9. The Morgan fingerprint density at radius 3 is 2.04 bits per heavy atom. The molecule has 9 atom stereocenters. The van der Waals surface area contributed by atoms with Crippen LogP contribution in [0, 0.1) is 0 Å². The molecule has 55 heavy (non-hydrogen) atoms. The summed E-state index contributed by atoms with van der Waals surface area (Å²) in [6, 6.07) is 8.96. The summed E-state index contributed by atoms with van der Waals surface area (Å²) >= 11 is 1.39. The van der Waals surface area contributed by atoms with Gasteiger partial charge in [-0.1, -0.05) is 42.5 Å². The average molecular weight is 793 g/mol. The van der Waals surface area contributed by atoms with Crippen LogP contribution >= 0.6 is 11.8 Å². The highest BCUT2D eigenvalue weighted by Crippen LogP contribution is 2.20. The lowest BCUT2D eigenvalue weighted by Gasteiger charge is -2.40. The Hall–Kier alpha value is -4.83. The van der Waals surface area contributed by atoms with E-state index in [1.165, 1.54) is 36.0 Å². The van der Waals surface area contributed by atoms with Gasteiger partial charge in [0.2, 0.25) is 29.5 Å². The number of carboxylic acid groups (broad SMARTS) is 1. The summed E-state index contributed by atoms with van der Waals surface area (Å²) in [6.07, 6.45) is -7.33. The normalized spacial score (nSPS) is 21.5. The Kier molecular flexibility index (Phi) is 17.7. The number of carbonyl (C=O) groups excluding carboxylic acids is 5. The van der Waals surface area contributed by atoms with E-state index in [4.69, 9.17) is 10.5 Å². The molecular formula is C35H48N6O13S. The second-order valence-electron chi connectivity index (χ2n) is 12.8. The van der Waals surface area contributed by atoms with Crippen LogP contribution in [-0.2, 0) is 46.3 Å². The van der Waals surface area contributed by atoms with E-state index in [1.807, 2.05) is 0 Å². The van der Waals surface area contributed by atoms with Crippen molar-refractivity contribution >= 4 is 47.3 Å². The molecule has 13 N–H and O–H groups in total. The van der Waals surface area contributed by atoms with Gasteiger partial charge in [-0.05, 0) is 48.1 Å². The first-order valence-electron chi connectivity index (χ1n) is 17.2. The zero-order valence-electron chi connectivity index (χ0n) is 29.9. The van der Waals surface area contributed by atoms with Crippen molar-refractivity contribution < 1.29 is 64.1 Å². The fraction of sp³-hybridized carbons (Fsp3) is 0.486. The molecule has 1 fully saturated rings. The number of rotatable bonds is 20. The Morgan fingerprint density at radius 2 is 1.42 bits per heavy atom. The number of ether oxygens (including phenoxy) is 1. The second-order valence-corrected chi connectivity index (χ2v) is 13.8. The van der Waals surface area contributed by atoms with Crippen LogP contribution in [0.4, 0.5) is 0 Å². The minimum Gasteiger partial charge on any atom is -0.508 e. The number of nitrogens with one attached hydrogen (secondary N) is 5. The zero-order valence-corrected chi connectivity index (χ0v) is 30.7. The summed E-state index contributed by atoms with van der Waals surface area (Å²) in [6.45, 7) is -1.53. The maximum atomic E-state index is 13.4. The van der Waals surface area contributed by atoms with Crippen molar-refractivity contribution in [1.82, 2.24) is 26.6 Å².